The number of methoxy groups -OCH3 is 1. The topological polar surface area (TPSA) is 42.1 Å². The van der Waals surface area contributed by atoms with Gasteiger partial charge in [-0.15, -0.1) is 0 Å². The van der Waals surface area contributed by atoms with Crippen molar-refractivity contribution in [1.82, 2.24) is 4.98 Å². The van der Waals surface area contributed by atoms with Crippen molar-refractivity contribution in [3.05, 3.63) is 41.6 Å². The van der Waals surface area contributed by atoms with Crippen molar-refractivity contribution < 1.29 is 9.53 Å². The fourth-order valence-electron chi connectivity index (χ4n) is 1.84. The Morgan fingerprint density at radius 3 is 2.88 bits per heavy atom. The number of hydrogen-bond donors (Lipinski definition) is 1. The fourth-order valence-corrected chi connectivity index (χ4v) is 1.84. The summed E-state index contributed by atoms with van der Waals surface area (Å²) in [6.07, 6.45) is 4.92. The summed E-state index contributed by atoms with van der Waals surface area (Å²) >= 11 is 0. The summed E-state index contributed by atoms with van der Waals surface area (Å²) in [6.45, 7) is 2.06. The molecule has 0 atom stereocenters. The van der Waals surface area contributed by atoms with Crippen molar-refractivity contribution in [3.8, 4) is 0 Å². The van der Waals surface area contributed by atoms with E-state index in [1.54, 1.807) is 0 Å². The van der Waals surface area contributed by atoms with Crippen LogP contribution in [0.3, 0.4) is 0 Å². The molecule has 0 unspecified atom stereocenters. The van der Waals surface area contributed by atoms with E-state index in [4.69, 9.17) is 4.74 Å². The van der Waals surface area contributed by atoms with Crippen LogP contribution in [0.15, 0.2) is 30.3 Å². The molecule has 1 aromatic heterocycles. The van der Waals surface area contributed by atoms with E-state index in [1.165, 1.54) is 7.11 Å². The number of aromatic nitrogens is 1. The number of ether oxygens (including phenoxy) is 1. The minimum atomic E-state index is -0.336. The Morgan fingerprint density at radius 1 is 1.41 bits per heavy atom. The molecule has 0 aliphatic carbocycles. The lowest BCUT2D eigenvalue weighted by atomic mass is 10.1. The number of hydrogen-bond acceptors (Lipinski definition) is 2. The predicted octanol–water partition coefficient (Wildman–Crippen LogP) is 3.38. The number of benzene rings is 1. The Hall–Kier alpha value is -2.03. The van der Waals surface area contributed by atoms with Crippen molar-refractivity contribution in [3.63, 3.8) is 0 Å². The van der Waals surface area contributed by atoms with Gasteiger partial charge >= 0.3 is 5.97 Å². The number of carbonyl (C=O) groups excluding carboxylic acids is 1. The molecule has 1 heterocycles. The monoisotopic (exact) mass is 229 g/mol. The van der Waals surface area contributed by atoms with Gasteiger partial charge in [0.15, 0.2) is 0 Å². The van der Waals surface area contributed by atoms with Crippen LogP contribution in [-0.4, -0.2) is 18.1 Å². The Labute approximate surface area is 100 Å². The van der Waals surface area contributed by atoms with Crippen LogP contribution < -0.4 is 0 Å². The number of fused-ring (bicyclic) bond motifs is 1. The predicted molar refractivity (Wildman–Crippen MR) is 69.0 cm³/mol. The van der Waals surface area contributed by atoms with E-state index in [2.05, 4.69) is 11.9 Å². The van der Waals surface area contributed by atoms with E-state index in [-0.39, 0.29) is 5.97 Å². The summed E-state index contributed by atoms with van der Waals surface area (Å²) in [5.74, 6) is -0.336. The molecule has 0 fully saturated rings. The first-order valence-corrected chi connectivity index (χ1v) is 5.63. The summed E-state index contributed by atoms with van der Waals surface area (Å²) in [5.41, 5.74) is 2.36. The lowest BCUT2D eigenvalue weighted by molar-refractivity contribution is 0.0595. The van der Waals surface area contributed by atoms with E-state index < -0.39 is 0 Å². The number of esters is 1. The molecule has 0 aliphatic rings. The van der Waals surface area contributed by atoms with Crippen molar-refractivity contribution in [1.29, 1.82) is 0 Å². The highest BCUT2D eigenvalue weighted by atomic mass is 16.5. The van der Waals surface area contributed by atoms with Crippen LogP contribution in [0.5, 0.6) is 0 Å². The van der Waals surface area contributed by atoms with Crippen molar-refractivity contribution in [2.24, 2.45) is 0 Å². The molecular weight excluding hydrogens is 214 g/mol. The molecule has 0 radical (unpaired) electrons. The first-order valence-electron chi connectivity index (χ1n) is 5.63. The minimum Gasteiger partial charge on any atom is -0.464 e. The summed E-state index contributed by atoms with van der Waals surface area (Å²) in [7, 11) is 1.39. The first kappa shape index (κ1) is 11.5. The summed E-state index contributed by atoms with van der Waals surface area (Å²) in [5, 5.41) is 1.04. The van der Waals surface area contributed by atoms with E-state index in [0.717, 1.165) is 22.9 Å². The number of rotatable bonds is 3. The average Bonchev–Trinajstić information content (AvgIpc) is 2.74. The maximum absolute atomic E-state index is 11.7. The minimum absolute atomic E-state index is 0.336. The Balaban J connectivity index is 2.65. The second-order valence-corrected chi connectivity index (χ2v) is 3.76. The maximum atomic E-state index is 11.7. The Bertz CT molecular complexity index is 567. The van der Waals surface area contributed by atoms with E-state index in [0.29, 0.717) is 5.69 Å². The highest BCUT2D eigenvalue weighted by Gasteiger charge is 2.15. The van der Waals surface area contributed by atoms with Gasteiger partial charge in [-0.25, -0.2) is 4.79 Å². The highest BCUT2D eigenvalue weighted by molar-refractivity contribution is 6.02. The van der Waals surface area contributed by atoms with Crippen LogP contribution in [0.25, 0.3) is 17.0 Å². The average molecular weight is 229 g/mol. The number of carbonyl (C=O) groups is 1. The number of nitrogens with one attached hydrogen (secondary N) is 1. The molecule has 2 rings (SSSR count). The number of allylic oxidation sites excluding steroid dienone is 1. The van der Waals surface area contributed by atoms with Gasteiger partial charge < -0.3 is 9.72 Å². The van der Waals surface area contributed by atoms with E-state index in [1.807, 2.05) is 36.4 Å². The largest absolute Gasteiger partial charge is 0.464 e. The second kappa shape index (κ2) is 4.87. The van der Waals surface area contributed by atoms with Crippen LogP contribution in [0.1, 0.15) is 29.4 Å². The SMILES string of the molecule is CC/C=C/c1c(C(=O)OC)[nH]c2ccccc12. The van der Waals surface area contributed by atoms with E-state index in [9.17, 15) is 4.79 Å². The molecule has 17 heavy (non-hydrogen) atoms. The zero-order chi connectivity index (χ0) is 12.3. The van der Waals surface area contributed by atoms with Crippen LogP contribution in [0, 0.1) is 0 Å². The molecule has 0 bridgehead atoms. The standard InChI is InChI=1S/C14H15NO2/c1-3-4-7-11-10-8-5-6-9-12(10)15-13(11)14(16)17-2/h4-9,15H,3H2,1-2H3/b7-4+. The molecule has 0 amide bonds. The number of para-hydroxylation sites is 1. The molecule has 3 nitrogen and oxygen atoms in total. The zero-order valence-corrected chi connectivity index (χ0v) is 9.99. The van der Waals surface area contributed by atoms with Crippen LogP contribution >= 0.6 is 0 Å². The van der Waals surface area contributed by atoms with Gasteiger partial charge in [0.25, 0.3) is 0 Å². The normalized spacial score (nSPS) is 11.2. The highest BCUT2D eigenvalue weighted by Crippen LogP contribution is 2.24. The molecule has 0 saturated carbocycles. The third kappa shape index (κ3) is 2.09. The van der Waals surface area contributed by atoms with Crippen LogP contribution in [-0.2, 0) is 4.74 Å². The molecular formula is C14H15NO2. The third-order valence-electron chi connectivity index (χ3n) is 2.66. The Kier molecular flexibility index (Phi) is 3.28. The van der Waals surface area contributed by atoms with Gasteiger partial charge in [-0.1, -0.05) is 37.3 Å². The van der Waals surface area contributed by atoms with Gasteiger partial charge in [0.2, 0.25) is 0 Å². The quantitative estimate of drug-likeness (QED) is 0.820. The fraction of sp³-hybridized carbons (Fsp3) is 0.214. The van der Waals surface area contributed by atoms with E-state index >= 15 is 0 Å². The number of aromatic amines is 1. The van der Waals surface area contributed by atoms with Crippen LogP contribution in [0.4, 0.5) is 0 Å². The van der Waals surface area contributed by atoms with Crippen molar-refractivity contribution in [2.75, 3.05) is 7.11 Å². The molecule has 0 spiro atoms. The molecule has 1 aromatic carbocycles. The lowest BCUT2D eigenvalue weighted by Gasteiger charge is -1.97. The summed E-state index contributed by atoms with van der Waals surface area (Å²) < 4.78 is 4.78. The second-order valence-electron chi connectivity index (χ2n) is 3.76. The first-order chi connectivity index (χ1) is 8.27. The van der Waals surface area contributed by atoms with Gasteiger partial charge in [-0.2, -0.15) is 0 Å². The zero-order valence-electron chi connectivity index (χ0n) is 9.99. The van der Waals surface area contributed by atoms with Gasteiger partial charge in [-0.05, 0) is 12.5 Å². The van der Waals surface area contributed by atoms with Gasteiger partial charge in [0.1, 0.15) is 5.69 Å². The smallest absolute Gasteiger partial charge is 0.355 e. The summed E-state index contributed by atoms with van der Waals surface area (Å²) in [6, 6.07) is 7.84. The summed E-state index contributed by atoms with van der Waals surface area (Å²) in [4.78, 5) is 14.8. The number of H-pyrrole nitrogens is 1. The molecule has 88 valence electrons. The molecule has 0 saturated heterocycles. The van der Waals surface area contributed by atoms with Gasteiger partial charge in [-0.3, -0.25) is 0 Å². The Morgan fingerprint density at radius 2 is 2.18 bits per heavy atom. The van der Waals surface area contributed by atoms with Crippen molar-refractivity contribution in [2.45, 2.75) is 13.3 Å². The molecule has 0 aliphatic heterocycles. The molecule has 2 aromatic rings. The van der Waals surface area contributed by atoms with Gasteiger partial charge in [0, 0.05) is 16.5 Å². The van der Waals surface area contributed by atoms with Crippen molar-refractivity contribution >= 4 is 22.9 Å². The maximum Gasteiger partial charge on any atom is 0.355 e. The molecule has 1 N–H and O–H groups in total. The van der Waals surface area contributed by atoms with Gasteiger partial charge in [0.05, 0.1) is 7.11 Å². The molecule has 3 heteroatoms. The van der Waals surface area contributed by atoms with Crippen LogP contribution in [0.2, 0.25) is 0 Å². The third-order valence-corrected chi connectivity index (χ3v) is 2.66. The lowest BCUT2D eigenvalue weighted by Crippen LogP contribution is -2.03.